The predicted molar refractivity (Wildman–Crippen MR) is 115 cm³/mol. The fourth-order valence-corrected chi connectivity index (χ4v) is 6.35. The monoisotopic (exact) mass is 469 g/mol. The van der Waals surface area contributed by atoms with Crippen LogP contribution in [0.4, 0.5) is 9.18 Å². The molecule has 2 aliphatic carbocycles. The van der Waals surface area contributed by atoms with Crippen LogP contribution < -0.4 is 5.73 Å². The van der Waals surface area contributed by atoms with Crippen molar-refractivity contribution in [3.8, 4) is 0 Å². The van der Waals surface area contributed by atoms with Gasteiger partial charge in [0.25, 0.3) is 5.91 Å². The average molecular weight is 470 g/mol. The molecule has 4 rings (SSSR count). The molecule has 2 saturated carbocycles. The van der Waals surface area contributed by atoms with Gasteiger partial charge in [-0.2, -0.15) is 0 Å². The molecule has 9 heteroatoms. The lowest BCUT2D eigenvalue weighted by molar-refractivity contribution is -0.134. The number of carbonyl (C=O) groups is 3. The summed E-state index contributed by atoms with van der Waals surface area (Å²) in [5, 5.41) is 0.237. The van der Waals surface area contributed by atoms with Crippen LogP contribution in [0.2, 0.25) is 10.0 Å². The Labute approximate surface area is 190 Å². The number of primary amides is 1. The first-order valence-electron chi connectivity index (χ1n) is 10.6. The van der Waals surface area contributed by atoms with E-state index in [0.717, 1.165) is 30.6 Å². The summed E-state index contributed by atoms with van der Waals surface area (Å²) in [6.07, 6.45) is 4.17. The van der Waals surface area contributed by atoms with Gasteiger partial charge in [-0.25, -0.2) is 9.18 Å². The summed E-state index contributed by atoms with van der Waals surface area (Å²) in [6, 6.07) is 1.32. The van der Waals surface area contributed by atoms with Crippen molar-refractivity contribution < 1.29 is 18.8 Å². The largest absolute Gasteiger partial charge is 0.369 e. The molecule has 1 aromatic rings. The lowest BCUT2D eigenvalue weighted by atomic mass is 9.74. The van der Waals surface area contributed by atoms with Crippen molar-refractivity contribution in [2.24, 2.45) is 17.1 Å². The van der Waals surface area contributed by atoms with E-state index in [2.05, 4.69) is 0 Å². The number of hydrogen-bond acceptors (Lipinski definition) is 3. The van der Waals surface area contributed by atoms with Crippen molar-refractivity contribution in [3.63, 3.8) is 0 Å². The Bertz CT molecular complexity index is 966. The number of urea groups is 1. The quantitative estimate of drug-likeness (QED) is 0.513. The van der Waals surface area contributed by atoms with E-state index in [1.807, 2.05) is 6.92 Å². The molecule has 2 unspecified atom stereocenters. The van der Waals surface area contributed by atoms with Gasteiger partial charge < -0.3 is 10.6 Å². The number of halogens is 3. The first-order valence-corrected chi connectivity index (χ1v) is 11.3. The SMILES string of the molecule is CN1C(=O)N([C@H](c2c(F)ccc(Cl)c2Cl)C2(C)CCCC2)C2(CCC(C(N)=O)C2)C1=O. The molecule has 2 N–H and O–H groups in total. The summed E-state index contributed by atoms with van der Waals surface area (Å²) in [7, 11) is 1.42. The Morgan fingerprint density at radius 3 is 2.45 bits per heavy atom. The molecule has 31 heavy (non-hydrogen) atoms. The first kappa shape index (κ1) is 22.3. The highest BCUT2D eigenvalue weighted by molar-refractivity contribution is 6.42. The van der Waals surface area contributed by atoms with Crippen LogP contribution in [0.15, 0.2) is 12.1 Å². The van der Waals surface area contributed by atoms with Gasteiger partial charge in [0.15, 0.2) is 0 Å². The fourth-order valence-electron chi connectivity index (χ4n) is 5.92. The minimum atomic E-state index is -1.25. The molecule has 3 atom stereocenters. The maximum atomic E-state index is 15.3. The Kier molecular flexibility index (Phi) is 5.49. The zero-order valence-corrected chi connectivity index (χ0v) is 19.1. The minimum absolute atomic E-state index is 0.0502. The highest BCUT2D eigenvalue weighted by Gasteiger charge is 2.64. The Morgan fingerprint density at radius 2 is 1.87 bits per heavy atom. The highest BCUT2D eigenvalue weighted by Crippen LogP contribution is 2.58. The number of hydrogen-bond donors (Lipinski definition) is 1. The molecule has 1 spiro atoms. The Balaban J connectivity index is 1.94. The van der Waals surface area contributed by atoms with Gasteiger partial charge in [0.05, 0.1) is 16.1 Å². The molecule has 6 nitrogen and oxygen atoms in total. The summed E-state index contributed by atoms with van der Waals surface area (Å²) in [4.78, 5) is 41.4. The third-order valence-corrected chi connectivity index (χ3v) is 8.39. The predicted octanol–water partition coefficient (Wildman–Crippen LogP) is 4.67. The van der Waals surface area contributed by atoms with Gasteiger partial charge >= 0.3 is 6.03 Å². The summed E-state index contributed by atoms with van der Waals surface area (Å²) >= 11 is 12.8. The number of amides is 4. The van der Waals surface area contributed by atoms with Crippen molar-refractivity contribution in [2.75, 3.05) is 7.05 Å². The van der Waals surface area contributed by atoms with Crippen LogP contribution in [0.25, 0.3) is 0 Å². The zero-order chi connectivity index (χ0) is 22.7. The van der Waals surface area contributed by atoms with Gasteiger partial charge in [0.2, 0.25) is 5.91 Å². The number of likely N-dealkylation sites (N-methyl/N-ethyl adjacent to an activating group) is 1. The van der Waals surface area contributed by atoms with E-state index < -0.39 is 40.7 Å². The van der Waals surface area contributed by atoms with Crippen LogP contribution in [0.3, 0.4) is 0 Å². The summed E-state index contributed by atoms with van der Waals surface area (Å²) in [5.41, 5.74) is 3.93. The van der Waals surface area contributed by atoms with Gasteiger partial charge in [0.1, 0.15) is 11.4 Å². The van der Waals surface area contributed by atoms with Crippen molar-refractivity contribution in [3.05, 3.63) is 33.6 Å². The molecule has 0 aromatic heterocycles. The van der Waals surface area contributed by atoms with Crippen molar-refractivity contribution >= 4 is 41.0 Å². The summed E-state index contributed by atoms with van der Waals surface area (Å²) in [5.74, 6) is -1.97. The molecule has 1 aromatic carbocycles. The zero-order valence-electron chi connectivity index (χ0n) is 17.6. The van der Waals surface area contributed by atoms with Gasteiger partial charge in [-0.3, -0.25) is 14.5 Å². The molecule has 0 bridgehead atoms. The smallest absolute Gasteiger partial charge is 0.327 e. The molecule has 1 saturated heterocycles. The lowest BCUT2D eigenvalue weighted by Gasteiger charge is -2.46. The fraction of sp³-hybridized carbons (Fsp3) is 0.591. The summed E-state index contributed by atoms with van der Waals surface area (Å²) in [6.45, 7) is 2.01. The molecule has 168 valence electrons. The van der Waals surface area contributed by atoms with Gasteiger partial charge in [-0.05, 0) is 49.7 Å². The second-order valence-electron chi connectivity index (χ2n) is 9.41. The minimum Gasteiger partial charge on any atom is -0.369 e. The Morgan fingerprint density at radius 1 is 1.23 bits per heavy atom. The molecular weight excluding hydrogens is 444 g/mol. The number of nitrogens with two attached hydrogens (primary N) is 1. The van der Waals surface area contributed by atoms with Crippen molar-refractivity contribution in [1.82, 2.24) is 9.80 Å². The van der Waals surface area contributed by atoms with E-state index in [-0.39, 0.29) is 27.9 Å². The van der Waals surface area contributed by atoms with Crippen LogP contribution in [0.5, 0.6) is 0 Å². The van der Waals surface area contributed by atoms with E-state index in [0.29, 0.717) is 12.8 Å². The topological polar surface area (TPSA) is 83.7 Å². The molecule has 1 heterocycles. The molecule has 1 aliphatic heterocycles. The standard InChI is InChI=1S/C22H26Cl2FN3O3/c1-21(8-3-4-9-21)17(15-14(25)6-5-13(23)16(15)24)28-20(31)27(2)19(30)22(28)10-7-12(11-22)18(26)29/h5-6,12,17H,3-4,7-11H2,1-2H3,(H2,26,29)/t12?,17-,22?/m1/s1. The van der Waals surface area contributed by atoms with Crippen LogP contribution in [0, 0.1) is 17.2 Å². The highest BCUT2D eigenvalue weighted by atomic mass is 35.5. The van der Waals surface area contributed by atoms with Crippen molar-refractivity contribution in [1.29, 1.82) is 0 Å². The third-order valence-electron chi connectivity index (χ3n) is 7.57. The van der Waals surface area contributed by atoms with E-state index >= 15 is 4.39 Å². The number of imide groups is 1. The molecule has 0 radical (unpaired) electrons. The summed E-state index contributed by atoms with van der Waals surface area (Å²) < 4.78 is 15.3. The molecule has 3 fully saturated rings. The van der Waals surface area contributed by atoms with Crippen LogP contribution in [-0.2, 0) is 9.59 Å². The normalized spacial score (nSPS) is 28.7. The second kappa shape index (κ2) is 7.62. The third kappa shape index (κ3) is 3.23. The number of rotatable bonds is 4. The number of carbonyl (C=O) groups excluding carboxylic acids is 3. The molecular formula is C22H26Cl2FN3O3. The Hall–Kier alpha value is -1.86. The number of benzene rings is 1. The van der Waals surface area contributed by atoms with Gasteiger partial charge in [-0.1, -0.05) is 43.0 Å². The van der Waals surface area contributed by atoms with Crippen molar-refractivity contribution in [2.45, 2.75) is 63.5 Å². The van der Waals surface area contributed by atoms with Gasteiger partial charge in [-0.15, -0.1) is 0 Å². The van der Waals surface area contributed by atoms with Gasteiger partial charge in [0, 0.05) is 18.5 Å². The molecule has 3 aliphatic rings. The maximum Gasteiger partial charge on any atom is 0.327 e. The van der Waals surface area contributed by atoms with Crippen LogP contribution >= 0.6 is 23.2 Å². The van der Waals surface area contributed by atoms with E-state index in [9.17, 15) is 14.4 Å². The molecule has 4 amide bonds. The second-order valence-corrected chi connectivity index (χ2v) is 10.2. The van der Waals surface area contributed by atoms with Crippen LogP contribution in [0.1, 0.15) is 63.5 Å². The van der Waals surface area contributed by atoms with E-state index in [1.54, 1.807) is 0 Å². The lowest BCUT2D eigenvalue weighted by Crippen LogP contribution is -2.53. The number of nitrogens with zero attached hydrogens (tertiary/aromatic N) is 2. The average Bonchev–Trinajstić information content (AvgIpc) is 3.40. The maximum absolute atomic E-state index is 15.3. The van der Waals surface area contributed by atoms with Crippen LogP contribution in [-0.4, -0.2) is 40.2 Å². The van der Waals surface area contributed by atoms with E-state index in [1.165, 1.54) is 24.1 Å². The van der Waals surface area contributed by atoms with E-state index in [4.69, 9.17) is 28.9 Å². The first-order chi connectivity index (χ1) is 14.5.